The Morgan fingerprint density at radius 1 is 1.19 bits per heavy atom. The van der Waals surface area contributed by atoms with Crippen LogP contribution in [0.3, 0.4) is 0 Å². The van der Waals surface area contributed by atoms with E-state index in [2.05, 4.69) is 32.9 Å². The van der Waals surface area contributed by atoms with Crippen LogP contribution in [0.15, 0.2) is 12.1 Å². The zero-order valence-electron chi connectivity index (χ0n) is 10.7. The van der Waals surface area contributed by atoms with E-state index in [4.69, 9.17) is 10.5 Å². The van der Waals surface area contributed by atoms with Gasteiger partial charge in [-0.05, 0) is 56.3 Å². The summed E-state index contributed by atoms with van der Waals surface area (Å²) in [5.74, 6) is 1.08. The second kappa shape index (κ2) is 6.54. The monoisotopic (exact) mass is 221 g/mol. The van der Waals surface area contributed by atoms with Gasteiger partial charge in [-0.25, -0.2) is 0 Å². The van der Waals surface area contributed by atoms with Crippen molar-refractivity contribution >= 4 is 0 Å². The van der Waals surface area contributed by atoms with E-state index in [0.29, 0.717) is 0 Å². The minimum atomic E-state index is 0.737. The van der Waals surface area contributed by atoms with E-state index in [-0.39, 0.29) is 0 Å². The van der Waals surface area contributed by atoms with Crippen LogP contribution in [0.4, 0.5) is 0 Å². The van der Waals surface area contributed by atoms with Crippen LogP contribution in [0.5, 0.6) is 5.75 Å². The third kappa shape index (κ3) is 3.24. The summed E-state index contributed by atoms with van der Waals surface area (Å²) >= 11 is 0. The maximum Gasteiger partial charge on any atom is 0.125 e. The van der Waals surface area contributed by atoms with Gasteiger partial charge in [0.05, 0.1) is 6.61 Å². The first kappa shape index (κ1) is 13.0. The number of nitrogens with two attached hydrogens (primary N) is 1. The molecular formula is C14H23NO. The third-order valence-electron chi connectivity index (χ3n) is 2.77. The molecular weight excluding hydrogens is 198 g/mol. The normalized spacial score (nSPS) is 10.5. The molecule has 0 aliphatic carbocycles. The third-order valence-corrected chi connectivity index (χ3v) is 2.77. The Balaban J connectivity index is 2.94. The first-order valence-electron chi connectivity index (χ1n) is 6.12. The molecule has 0 unspecified atom stereocenters. The number of rotatable bonds is 6. The molecule has 0 fully saturated rings. The largest absolute Gasteiger partial charge is 0.493 e. The number of benzene rings is 1. The lowest BCUT2D eigenvalue weighted by Crippen LogP contribution is -2.06. The Morgan fingerprint density at radius 3 is 2.50 bits per heavy atom. The molecule has 0 saturated carbocycles. The van der Waals surface area contributed by atoms with E-state index in [0.717, 1.165) is 38.2 Å². The molecule has 1 aromatic rings. The Hall–Kier alpha value is -1.02. The predicted molar refractivity (Wildman–Crippen MR) is 69.1 cm³/mol. The van der Waals surface area contributed by atoms with Gasteiger partial charge in [-0.3, -0.25) is 0 Å². The van der Waals surface area contributed by atoms with Crippen molar-refractivity contribution in [2.45, 2.75) is 40.0 Å². The fraction of sp³-hybridized carbons (Fsp3) is 0.571. The Labute approximate surface area is 98.8 Å². The SMILES string of the molecule is CCCOc1c(C)ccc(C)c1CCCN. The summed E-state index contributed by atoms with van der Waals surface area (Å²) in [6.45, 7) is 7.91. The van der Waals surface area contributed by atoms with Crippen LogP contribution >= 0.6 is 0 Å². The molecule has 0 aliphatic rings. The molecule has 0 aliphatic heterocycles. The summed E-state index contributed by atoms with van der Waals surface area (Å²) in [6.07, 6.45) is 3.08. The zero-order chi connectivity index (χ0) is 12.0. The predicted octanol–water partition coefficient (Wildman–Crippen LogP) is 2.98. The fourth-order valence-corrected chi connectivity index (χ4v) is 1.84. The average molecular weight is 221 g/mol. The van der Waals surface area contributed by atoms with E-state index in [1.54, 1.807) is 0 Å². The van der Waals surface area contributed by atoms with Gasteiger partial charge in [-0.2, -0.15) is 0 Å². The molecule has 0 spiro atoms. The van der Waals surface area contributed by atoms with Crippen molar-refractivity contribution < 1.29 is 4.74 Å². The summed E-state index contributed by atoms with van der Waals surface area (Å²) in [4.78, 5) is 0. The van der Waals surface area contributed by atoms with Gasteiger partial charge < -0.3 is 10.5 Å². The maximum atomic E-state index is 5.85. The number of hydrogen-bond acceptors (Lipinski definition) is 2. The highest BCUT2D eigenvalue weighted by atomic mass is 16.5. The zero-order valence-corrected chi connectivity index (χ0v) is 10.7. The van der Waals surface area contributed by atoms with Crippen LogP contribution < -0.4 is 10.5 Å². The van der Waals surface area contributed by atoms with Crippen molar-refractivity contribution in [3.63, 3.8) is 0 Å². The van der Waals surface area contributed by atoms with Crippen LogP contribution in [0, 0.1) is 13.8 Å². The number of hydrogen-bond donors (Lipinski definition) is 1. The quantitative estimate of drug-likeness (QED) is 0.801. The van der Waals surface area contributed by atoms with Crippen LogP contribution in [-0.2, 0) is 6.42 Å². The lowest BCUT2D eigenvalue weighted by molar-refractivity contribution is 0.311. The van der Waals surface area contributed by atoms with Gasteiger partial charge in [0.1, 0.15) is 5.75 Å². The maximum absolute atomic E-state index is 5.85. The molecule has 0 radical (unpaired) electrons. The van der Waals surface area contributed by atoms with Crippen molar-refractivity contribution in [2.24, 2.45) is 5.73 Å². The van der Waals surface area contributed by atoms with Gasteiger partial charge in [0.25, 0.3) is 0 Å². The van der Waals surface area contributed by atoms with Gasteiger partial charge in [0.2, 0.25) is 0 Å². The van der Waals surface area contributed by atoms with Gasteiger partial charge in [0, 0.05) is 0 Å². The Morgan fingerprint density at radius 2 is 1.88 bits per heavy atom. The minimum absolute atomic E-state index is 0.737. The lowest BCUT2D eigenvalue weighted by Gasteiger charge is -2.16. The first-order chi connectivity index (χ1) is 7.70. The molecule has 2 heteroatoms. The topological polar surface area (TPSA) is 35.2 Å². The molecule has 1 rings (SSSR count). The summed E-state index contributed by atoms with van der Waals surface area (Å²) in [7, 11) is 0. The van der Waals surface area contributed by atoms with Crippen LogP contribution in [-0.4, -0.2) is 13.2 Å². The summed E-state index contributed by atoms with van der Waals surface area (Å²) < 4.78 is 5.85. The molecule has 16 heavy (non-hydrogen) atoms. The van der Waals surface area contributed by atoms with Crippen LogP contribution in [0.1, 0.15) is 36.5 Å². The highest BCUT2D eigenvalue weighted by Crippen LogP contribution is 2.28. The molecule has 0 bridgehead atoms. The average Bonchev–Trinajstić information content (AvgIpc) is 2.29. The molecule has 0 aromatic heterocycles. The van der Waals surface area contributed by atoms with Gasteiger partial charge >= 0.3 is 0 Å². The van der Waals surface area contributed by atoms with Gasteiger partial charge in [-0.15, -0.1) is 0 Å². The molecule has 0 amide bonds. The second-order valence-electron chi connectivity index (χ2n) is 4.25. The Bertz CT molecular complexity index is 301. The van der Waals surface area contributed by atoms with E-state index in [1.165, 1.54) is 16.7 Å². The summed E-state index contributed by atoms with van der Waals surface area (Å²) in [5.41, 5.74) is 9.44. The standard InChI is InChI=1S/C14H23NO/c1-4-10-16-14-12(3)8-7-11(2)13(14)6-5-9-15/h7-8H,4-6,9-10,15H2,1-3H3. The molecule has 0 atom stereocenters. The van der Waals surface area contributed by atoms with Gasteiger partial charge in [0.15, 0.2) is 0 Å². The van der Waals surface area contributed by atoms with Crippen molar-refractivity contribution in [1.82, 2.24) is 0 Å². The minimum Gasteiger partial charge on any atom is -0.493 e. The second-order valence-corrected chi connectivity index (χ2v) is 4.25. The summed E-state index contributed by atoms with van der Waals surface area (Å²) in [6, 6.07) is 4.30. The number of ether oxygens (including phenoxy) is 1. The smallest absolute Gasteiger partial charge is 0.125 e. The van der Waals surface area contributed by atoms with Crippen molar-refractivity contribution in [3.05, 3.63) is 28.8 Å². The van der Waals surface area contributed by atoms with E-state index >= 15 is 0 Å². The van der Waals surface area contributed by atoms with Crippen LogP contribution in [0.2, 0.25) is 0 Å². The fourth-order valence-electron chi connectivity index (χ4n) is 1.84. The van der Waals surface area contributed by atoms with Crippen molar-refractivity contribution in [3.8, 4) is 5.75 Å². The van der Waals surface area contributed by atoms with Crippen molar-refractivity contribution in [1.29, 1.82) is 0 Å². The number of aryl methyl sites for hydroxylation is 2. The molecule has 2 N–H and O–H groups in total. The summed E-state index contributed by atoms with van der Waals surface area (Å²) in [5, 5.41) is 0. The lowest BCUT2D eigenvalue weighted by atomic mass is 9.99. The van der Waals surface area contributed by atoms with E-state index < -0.39 is 0 Å². The molecule has 90 valence electrons. The first-order valence-corrected chi connectivity index (χ1v) is 6.12. The molecule has 0 saturated heterocycles. The molecule has 0 heterocycles. The highest BCUT2D eigenvalue weighted by Gasteiger charge is 2.09. The van der Waals surface area contributed by atoms with Crippen LogP contribution in [0.25, 0.3) is 0 Å². The van der Waals surface area contributed by atoms with E-state index in [1.807, 2.05) is 0 Å². The Kier molecular flexibility index (Phi) is 5.33. The molecule has 2 nitrogen and oxygen atoms in total. The van der Waals surface area contributed by atoms with Crippen molar-refractivity contribution in [2.75, 3.05) is 13.2 Å². The van der Waals surface area contributed by atoms with Gasteiger partial charge in [-0.1, -0.05) is 19.1 Å². The highest BCUT2D eigenvalue weighted by molar-refractivity contribution is 5.45. The molecule has 1 aromatic carbocycles. The van der Waals surface area contributed by atoms with E-state index in [9.17, 15) is 0 Å².